The number of carbonyl (C=O) groups is 2. The van der Waals surface area contributed by atoms with Gasteiger partial charge in [-0.1, -0.05) is 6.07 Å². The highest BCUT2D eigenvalue weighted by Crippen LogP contribution is 2.24. The van der Waals surface area contributed by atoms with Gasteiger partial charge in [-0.05, 0) is 80.7 Å². The minimum absolute atomic E-state index is 0. The molecule has 1 aliphatic rings. The Hall–Kier alpha value is -2.57. The zero-order chi connectivity index (χ0) is 19.1. The first kappa shape index (κ1) is 21.7. The van der Waals surface area contributed by atoms with Gasteiger partial charge in [-0.15, -0.1) is 12.4 Å². The van der Waals surface area contributed by atoms with E-state index in [4.69, 9.17) is 10.5 Å². The minimum atomic E-state index is -0.497. The van der Waals surface area contributed by atoms with Crippen molar-refractivity contribution in [2.45, 2.75) is 25.7 Å². The molecule has 2 aromatic carbocycles. The van der Waals surface area contributed by atoms with Gasteiger partial charge >= 0.3 is 0 Å². The van der Waals surface area contributed by atoms with Crippen molar-refractivity contribution in [2.24, 2.45) is 11.7 Å². The first-order valence-corrected chi connectivity index (χ1v) is 9.28. The fraction of sp³-hybridized carbons (Fsp3) is 0.333. The number of benzene rings is 2. The minimum Gasteiger partial charge on any atom is -0.457 e. The second-order valence-electron chi connectivity index (χ2n) is 6.80. The van der Waals surface area contributed by atoms with Gasteiger partial charge in [-0.2, -0.15) is 0 Å². The van der Waals surface area contributed by atoms with Crippen LogP contribution < -0.4 is 21.1 Å². The molecule has 28 heavy (non-hydrogen) atoms. The van der Waals surface area contributed by atoms with Gasteiger partial charge in [0.05, 0.1) is 0 Å². The normalized spacial score (nSPS) is 14.0. The molecule has 2 amide bonds. The molecule has 1 saturated heterocycles. The number of nitrogens with one attached hydrogen (secondary N) is 2. The predicted octanol–water partition coefficient (Wildman–Crippen LogP) is 3.72. The number of rotatable bonds is 7. The van der Waals surface area contributed by atoms with E-state index in [0.717, 1.165) is 38.0 Å². The van der Waals surface area contributed by atoms with E-state index < -0.39 is 5.91 Å². The van der Waals surface area contributed by atoms with Crippen LogP contribution in [0.4, 0.5) is 5.69 Å². The zero-order valence-corrected chi connectivity index (χ0v) is 16.5. The van der Waals surface area contributed by atoms with E-state index in [0.29, 0.717) is 29.4 Å². The number of ether oxygens (including phenoxy) is 1. The van der Waals surface area contributed by atoms with Crippen LogP contribution in [0.15, 0.2) is 48.5 Å². The highest BCUT2D eigenvalue weighted by Gasteiger charge is 2.14. The van der Waals surface area contributed by atoms with Crippen LogP contribution in [0.5, 0.6) is 11.5 Å². The molecule has 0 spiro atoms. The van der Waals surface area contributed by atoms with Crippen LogP contribution in [0.25, 0.3) is 0 Å². The number of amides is 2. The molecule has 0 unspecified atom stereocenters. The molecule has 3 rings (SSSR count). The number of anilines is 1. The molecule has 0 bridgehead atoms. The predicted molar refractivity (Wildman–Crippen MR) is 112 cm³/mol. The summed E-state index contributed by atoms with van der Waals surface area (Å²) in [7, 11) is 0. The van der Waals surface area contributed by atoms with Gasteiger partial charge in [-0.3, -0.25) is 9.59 Å². The number of hydrogen-bond acceptors (Lipinski definition) is 4. The van der Waals surface area contributed by atoms with E-state index in [-0.39, 0.29) is 18.3 Å². The number of primary amides is 1. The molecular formula is C21H26ClN3O3. The van der Waals surface area contributed by atoms with Crippen molar-refractivity contribution in [2.75, 3.05) is 18.4 Å². The molecule has 0 atom stereocenters. The summed E-state index contributed by atoms with van der Waals surface area (Å²) >= 11 is 0. The summed E-state index contributed by atoms with van der Waals surface area (Å²) in [5.74, 6) is 1.33. The number of carbonyl (C=O) groups excluding carboxylic acids is 2. The quantitative estimate of drug-likeness (QED) is 0.656. The van der Waals surface area contributed by atoms with E-state index in [1.807, 2.05) is 0 Å². The summed E-state index contributed by atoms with van der Waals surface area (Å²) in [4.78, 5) is 23.4. The third-order valence-corrected chi connectivity index (χ3v) is 4.73. The SMILES string of the molecule is Cl.NC(=O)c1cccc(Oc2ccc(NC(=O)CCC3CCNCC3)cc2)c1. The first-order valence-electron chi connectivity index (χ1n) is 9.28. The number of hydrogen-bond donors (Lipinski definition) is 3. The zero-order valence-electron chi connectivity index (χ0n) is 15.6. The largest absolute Gasteiger partial charge is 0.457 e. The van der Waals surface area contributed by atoms with Crippen LogP contribution >= 0.6 is 12.4 Å². The van der Waals surface area contributed by atoms with E-state index in [1.165, 1.54) is 0 Å². The van der Waals surface area contributed by atoms with Gasteiger partial charge in [0, 0.05) is 17.7 Å². The molecule has 150 valence electrons. The van der Waals surface area contributed by atoms with E-state index in [9.17, 15) is 9.59 Å². The highest BCUT2D eigenvalue weighted by atomic mass is 35.5. The summed E-state index contributed by atoms with van der Waals surface area (Å²) < 4.78 is 5.73. The second kappa shape index (κ2) is 10.7. The van der Waals surface area contributed by atoms with Crippen LogP contribution in [0.3, 0.4) is 0 Å². The maximum Gasteiger partial charge on any atom is 0.248 e. The third kappa shape index (κ3) is 6.55. The average molecular weight is 404 g/mol. The van der Waals surface area contributed by atoms with Crippen LogP contribution in [-0.4, -0.2) is 24.9 Å². The van der Waals surface area contributed by atoms with E-state index in [2.05, 4.69) is 10.6 Å². The van der Waals surface area contributed by atoms with Gasteiger partial charge in [-0.25, -0.2) is 0 Å². The molecule has 7 heteroatoms. The standard InChI is InChI=1S/C21H25N3O3.ClH/c22-21(26)16-2-1-3-19(14-16)27-18-7-5-17(6-8-18)24-20(25)9-4-15-10-12-23-13-11-15;/h1-3,5-8,14-15,23H,4,9-13H2,(H2,22,26)(H,24,25);1H. The Morgan fingerprint density at radius 2 is 1.79 bits per heavy atom. The van der Waals surface area contributed by atoms with Gasteiger partial charge in [0.1, 0.15) is 11.5 Å². The summed E-state index contributed by atoms with van der Waals surface area (Å²) in [6, 6.07) is 13.9. The van der Waals surface area contributed by atoms with Crippen LogP contribution in [0.2, 0.25) is 0 Å². The van der Waals surface area contributed by atoms with Gasteiger partial charge < -0.3 is 21.1 Å². The lowest BCUT2D eigenvalue weighted by Gasteiger charge is -2.22. The Labute approximate surface area is 171 Å². The number of piperidine rings is 1. The molecule has 2 aromatic rings. The molecule has 0 radical (unpaired) electrons. The lowest BCUT2D eigenvalue weighted by molar-refractivity contribution is -0.116. The van der Waals surface area contributed by atoms with Crippen LogP contribution in [0.1, 0.15) is 36.0 Å². The molecule has 0 aliphatic carbocycles. The average Bonchev–Trinajstić information content (AvgIpc) is 2.69. The molecule has 4 N–H and O–H groups in total. The molecule has 0 saturated carbocycles. The van der Waals surface area contributed by atoms with Crippen LogP contribution in [0, 0.1) is 5.92 Å². The Morgan fingerprint density at radius 1 is 1.07 bits per heavy atom. The van der Waals surface area contributed by atoms with Crippen molar-refractivity contribution in [1.29, 1.82) is 0 Å². The summed E-state index contributed by atoms with van der Waals surface area (Å²) in [6.07, 6.45) is 3.78. The molecule has 0 aromatic heterocycles. The fourth-order valence-corrected chi connectivity index (χ4v) is 3.18. The maximum absolute atomic E-state index is 12.1. The van der Waals surface area contributed by atoms with Gasteiger partial charge in [0.15, 0.2) is 0 Å². The molecular weight excluding hydrogens is 378 g/mol. The van der Waals surface area contributed by atoms with Crippen molar-refractivity contribution >= 4 is 29.9 Å². The summed E-state index contributed by atoms with van der Waals surface area (Å²) in [6.45, 7) is 2.10. The first-order chi connectivity index (χ1) is 13.1. The Balaban J connectivity index is 0.00000280. The monoisotopic (exact) mass is 403 g/mol. The molecule has 1 fully saturated rings. The summed E-state index contributed by atoms with van der Waals surface area (Å²) in [5, 5.41) is 6.26. The lowest BCUT2D eigenvalue weighted by Crippen LogP contribution is -2.28. The van der Waals surface area contributed by atoms with Crippen molar-refractivity contribution in [1.82, 2.24) is 5.32 Å². The Morgan fingerprint density at radius 3 is 2.46 bits per heavy atom. The smallest absolute Gasteiger partial charge is 0.248 e. The van der Waals surface area contributed by atoms with Gasteiger partial charge in [0.25, 0.3) is 0 Å². The van der Waals surface area contributed by atoms with E-state index >= 15 is 0 Å². The second-order valence-corrected chi connectivity index (χ2v) is 6.80. The van der Waals surface area contributed by atoms with Crippen molar-refractivity contribution < 1.29 is 14.3 Å². The molecule has 1 heterocycles. The highest BCUT2D eigenvalue weighted by molar-refractivity contribution is 5.93. The molecule has 6 nitrogen and oxygen atoms in total. The number of nitrogens with two attached hydrogens (primary N) is 1. The van der Waals surface area contributed by atoms with Crippen molar-refractivity contribution in [3.8, 4) is 11.5 Å². The van der Waals surface area contributed by atoms with E-state index in [1.54, 1.807) is 48.5 Å². The number of halogens is 1. The maximum atomic E-state index is 12.1. The van der Waals surface area contributed by atoms with Crippen molar-refractivity contribution in [3.05, 3.63) is 54.1 Å². The van der Waals surface area contributed by atoms with Crippen molar-refractivity contribution in [3.63, 3.8) is 0 Å². The lowest BCUT2D eigenvalue weighted by atomic mass is 9.93. The fourth-order valence-electron chi connectivity index (χ4n) is 3.18. The van der Waals surface area contributed by atoms with Crippen LogP contribution in [-0.2, 0) is 4.79 Å². The summed E-state index contributed by atoms with van der Waals surface area (Å²) in [5.41, 5.74) is 6.41. The molecule has 1 aliphatic heterocycles. The Bertz CT molecular complexity index is 790. The third-order valence-electron chi connectivity index (χ3n) is 4.73. The Kier molecular flexibility index (Phi) is 8.29. The van der Waals surface area contributed by atoms with Gasteiger partial charge in [0.2, 0.25) is 11.8 Å². The topological polar surface area (TPSA) is 93.5 Å².